The van der Waals surface area contributed by atoms with Gasteiger partial charge in [0.05, 0.1) is 32.5 Å². The highest BCUT2D eigenvalue weighted by Crippen LogP contribution is 2.40. The standard InChI is InChI=1S/C24H27NO5/c1-4-5-6-7-10-28-24-22(26-2)12-17(13-23(24)27-3)11-19(15-25)18-8-9-20-21(14-18)30-16-29-20/h8-9,11-14H,4-7,10,16H2,1-3H3. The van der Waals surface area contributed by atoms with Gasteiger partial charge in [0.2, 0.25) is 12.5 Å². The van der Waals surface area contributed by atoms with Crippen molar-refractivity contribution in [2.45, 2.75) is 32.6 Å². The van der Waals surface area contributed by atoms with Crippen LogP contribution in [0.15, 0.2) is 30.3 Å². The van der Waals surface area contributed by atoms with E-state index in [9.17, 15) is 5.26 Å². The Morgan fingerprint density at radius 1 is 1.03 bits per heavy atom. The monoisotopic (exact) mass is 409 g/mol. The third kappa shape index (κ3) is 4.98. The smallest absolute Gasteiger partial charge is 0.231 e. The molecule has 1 heterocycles. The molecule has 1 aliphatic heterocycles. The molecule has 0 saturated carbocycles. The van der Waals surface area contributed by atoms with Gasteiger partial charge in [-0.25, -0.2) is 0 Å². The lowest BCUT2D eigenvalue weighted by molar-refractivity contribution is 0.174. The fourth-order valence-corrected chi connectivity index (χ4v) is 3.24. The molecule has 2 aromatic carbocycles. The summed E-state index contributed by atoms with van der Waals surface area (Å²) in [6, 6.07) is 11.4. The number of rotatable bonds is 10. The van der Waals surface area contributed by atoms with E-state index in [-0.39, 0.29) is 6.79 Å². The zero-order valence-corrected chi connectivity index (χ0v) is 17.7. The second kappa shape index (κ2) is 10.4. The largest absolute Gasteiger partial charge is 0.493 e. The van der Waals surface area contributed by atoms with Crippen molar-refractivity contribution in [1.29, 1.82) is 5.26 Å². The Morgan fingerprint density at radius 2 is 1.77 bits per heavy atom. The molecule has 0 amide bonds. The number of nitriles is 1. The van der Waals surface area contributed by atoms with E-state index < -0.39 is 0 Å². The molecule has 0 unspecified atom stereocenters. The molecule has 0 aromatic heterocycles. The summed E-state index contributed by atoms with van der Waals surface area (Å²) in [6.45, 7) is 2.97. The van der Waals surface area contributed by atoms with E-state index in [2.05, 4.69) is 13.0 Å². The Kier molecular flexibility index (Phi) is 7.45. The van der Waals surface area contributed by atoms with Crippen LogP contribution >= 0.6 is 0 Å². The molecule has 0 fully saturated rings. The fraction of sp³-hybridized carbons (Fsp3) is 0.375. The van der Waals surface area contributed by atoms with Gasteiger partial charge >= 0.3 is 0 Å². The molecule has 30 heavy (non-hydrogen) atoms. The first-order valence-electron chi connectivity index (χ1n) is 10.1. The Morgan fingerprint density at radius 3 is 2.43 bits per heavy atom. The lowest BCUT2D eigenvalue weighted by Crippen LogP contribution is -2.02. The molecule has 0 radical (unpaired) electrons. The van der Waals surface area contributed by atoms with Crippen molar-refractivity contribution in [3.63, 3.8) is 0 Å². The van der Waals surface area contributed by atoms with E-state index in [4.69, 9.17) is 23.7 Å². The van der Waals surface area contributed by atoms with Crippen LogP contribution in [-0.2, 0) is 0 Å². The number of hydrogen-bond acceptors (Lipinski definition) is 6. The molecule has 0 saturated heterocycles. The van der Waals surface area contributed by atoms with E-state index >= 15 is 0 Å². The van der Waals surface area contributed by atoms with Crippen LogP contribution in [0.1, 0.15) is 43.7 Å². The van der Waals surface area contributed by atoms with Gasteiger partial charge in [0, 0.05) is 0 Å². The van der Waals surface area contributed by atoms with Crippen molar-refractivity contribution in [2.75, 3.05) is 27.6 Å². The van der Waals surface area contributed by atoms with Crippen LogP contribution in [0, 0.1) is 11.3 Å². The molecule has 0 aliphatic carbocycles. The van der Waals surface area contributed by atoms with Crippen LogP contribution in [0.2, 0.25) is 0 Å². The van der Waals surface area contributed by atoms with Gasteiger partial charge in [-0.2, -0.15) is 5.26 Å². The first kappa shape index (κ1) is 21.4. The average molecular weight is 409 g/mol. The summed E-state index contributed by atoms with van der Waals surface area (Å²) in [5.41, 5.74) is 2.01. The summed E-state index contributed by atoms with van der Waals surface area (Å²) in [6.07, 6.45) is 6.26. The number of unbranched alkanes of at least 4 members (excludes halogenated alkanes) is 3. The Balaban J connectivity index is 1.86. The third-order valence-electron chi connectivity index (χ3n) is 4.84. The zero-order chi connectivity index (χ0) is 21.3. The van der Waals surface area contributed by atoms with Crippen LogP contribution in [0.25, 0.3) is 11.6 Å². The van der Waals surface area contributed by atoms with Gasteiger partial charge in [0.15, 0.2) is 23.0 Å². The van der Waals surface area contributed by atoms with Gasteiger partial charge in [0.1, 0.15) is 0 Å². The molecule has 2 aromatic rings. The number of allylic oxidation sites excluding steroid dienone is 1. The zero-order valence-electron chi connectivity index (χ0n) is 17.7. The van der Waals surface area contributed by atoms with Gasteiger partial charge in [-0.05, 0) is 54.0 Å². The summed E-state index contributed by atoms with van der Waals surface area (Å²) >= 11 is 0. The predicted octanol–water partition coefficient (Wildman–Crippen LogP) is 5.46. The molecule has 6 heteroatoms. The molecule has 1 aliphatic rings. The molecular formula is C24H27NO5. The van der Waals surface area contributed by atoms with Crippen molar-refractivity contribution in [1.82, 2.24) is 0 Å². The van der Waals surface area contributed by atoms with Crippen molar-refractivity contribution in [3.05, 3.63) is 41.5 Å². The minimum Gasteiger partial charge on any atom is -0.493 e. The normalized spacial score (nSPS) is 12.4. The van der Waals surface area contributed by atoms with Crippen molar-refractivity contribution in [3.8, 4) is 34.8 Å². The van der Waals surface area contributed by atoms with E-state index in [0.717, 1.165) is 24.0 Å². The Bertz CT molecular complexity index is 920. The van der Waals surface area contributed by atoms with Crippen LogP contribution in [0.5, 0.6) is 28.7 Å². The number of benzene rings is 2. The summed E-state index contributed by atoms with van der Waals surface area (Å²) in [4.78, 5) is 0. The predicted molar refractivity (Wildman–Crippen MR) is 115 cm³/mol. The van der Waals surface area contributed by atoms with Gasteiger partial charge in [-0.1, -0.05) is 26.2 Å². The van der Waals surface area contributed by atoms with Crippen molar-refractivity contribution in [2.24, 2.45) is 0 Å². The number of hydrogen-bond donors (Lipinski definition) is 0. The average Bonchev–Trinajstić information content (AvgIpc) is 3.25. The Labute approximate surface area is 177 Å². The minimum absolute atomic E-state index is 0.193. The highest BCUT2D eigenvalue weighted by Gasteiger charge is 2.17. The topological polar surface area (TPSA) is 69.9 Å². The number of fused-ring (bicyclic) bond motifs is 1. The second-order valence-electron chi connectivity index (χ2n) is 6.90. The summed E-state index contributed by atoms with van der Waals surface area (Å²) < 4.78 is 27.8. The molecule has 0 N–H and O–H groups in total. The number of ether oxygens (including phenoxy) is 5. The first-order chi connectivity index (χ1) is 14.7. The molecule has 0 spiro atoms. The highest BCUT2D eigenvalue weighted by molar-refractivity contribution is 5.90. The van der Waals surface area contributed by atoms with Gasteiger partial charge in [0.25, 0.3) is 0 Å². The van der Waals surface area contributed by atoms with Crippen molar-refractivity contribution >= 4 is 11.6 Å². The van der Waals surface area contributed by atoms with Gasteiger partial charge < -0.3 is 23.7 Å². The highest BCUT2D eigenvalue weighted by atomic mass is 16.7. The SMILES string of the molecule is CCCCCCOc1c(OC)cc(C=C(C#N)c2ccc3c(c2)OCO3)cc1OC. The van der Waals surface area contributed by atoms with E-state index in [1.807, 2.05) is 18.2 Å². The van der Waals surface area contributed by atoms with E-state index in [1.54, 1.807) is 32.4 Å². The van der Waals surface area contributed by atoms with E-state index in [0.29, 0.717) is 40.9 Å². The van der Waals surface area contributed by atoms with E-state index in [1.165, 1.54) is 12.8 Å². The fourth-order valence-electron chi connectivity index (χ4n) is 3.24. The molecule has 0 atom stereocenters. The van der Waals surface area contributed by atoms with Crippen LogP contribution in [0.3, 0.4) is 0 Å². The lowest BCUT2D eigenvalue weighted by atomic mass is 10.0. The molecule has 3 rings (SSSR count). The maximum Gasteiger partial charge on any atom is 0.231 e. The summed E-state index contributed by atoms with van der Waals surface area (Å²) in [7, 11) is 3.19. The van der Waals surface area contributed by atoms with Crippen molar-refractivity contribution < 1.29 is 23.7 Å². The molecule has 6 nitrogen and oxygen atoms in total. The maximum atomic E-state index is 9.71. The summed E-state index contributed by atoms with van der Waals surface area (Å²) in [5, 5.41) is 9.71. The van der Waals surface area contributed by atoms with Crippen LogP contribution < -0.4 is 23.7 Å². The first-order valence-corrected chi connectivity index (χ1v) is 10.1. The third-order valence-corrected chi connectivity index (χ3v) is 4.84. The quantitative estimate of drug-likeness (QED) is 0.295. The molecule has 158 valence electrons. The minimum atomic E-state index is 0.193. The number of methoxy groups -OCH3 is 2. The summed E-state index contributed by atoms with van der Waals surface area (Å²) in [5.74, 6) is 3.03. The maximum absolute atomic E-state index is 9.71. The van der Waals surface area contributed by atoms with Crippen LogP contribution in [0.4, 0.5) is 0 Å². The lowest BCUT2D eigenvalue weighted by Gasteiger charge is -2.15. The van der Waals surface area contributed by atoms with Gasteiger partial charge in [-0.15, -0.1) is 0 Å². The van der Waals surface area contributed by atoms with Crippen LogP contribution in [-0.4, -0.2) is 27.6 Å². The molecular weight excluding hydrogens is 382 g/mol. The second-order valence-corrected chi connectivity index (χ2v) is 6.90. The Hall–Kier alpha value is -3.33. The van der Waals surface area contributed by atoms with Gasteiger partial charge in [-0.3, -0.25) is 0 Å². The number of nitrogens with zero attached hydrogens (tertiary/aromatic N) is 1. The molecule has 0 bridgehead atoms.